The molecule has 358 valence electrons. The highest BCUT2D eigenvalue weighted by Gasteiger charge is 2.19. The van der Waals surface area contributed by atoms with Crippen LogP contribution in [-0.4, -0.2) is 37.2 Å². The second-order valence-corrected chi connectivity index (χ2v) is 17.5. The van der Waals surface area contributed by atoms with Crippen LogP contribution in [0.15, 0.2) is 60.8 Å². The molecule has 6 heteroatoms. The molecule has 0 aliphatic heterocycles. The molecule has 0 spiro atoms. The minimum atomic E-state index is -0.805. The lowest BCUT2D eigenvalue weighted by molar-refractivity contribution is -0.166. The van der Waals surface area contributed by atoms with Crippen LogP contribution >= 0.6 is 0 Å². The second-order valence-electron chi connectivity index (χ2n) is 17.5. The summed E-state index contributed by atoms with van der Waals surface area (Å²) >= 11 is 0. The average molecular weight is 867 g/mol. The summed E-state index contributed by atoms with van der Waals surface area (Å²) in [6.07, 6.45) is 62.1. The van der Waals surface area contributed by atoms with Gasteiger partial charge in [0.2, 0.25) is 0 Å². The maximum absolute atomic E-state index is 12.8. The van der Waals surface area contributed by atoms with E-state index in [-0.39, 0.29) is 37.5 Å². The Kier molecular flexibility index (Phi) is 48.4. The third-order valence-electron chi connectivity index (χ3n) is 11.3. The van der Waals surface area contributed by atoms with E-state index < -0.39 is 6.10 Å². The number of esters is 3. The lowest BCUT2D eigenvalue weighted by atomic mass is 10.1. The second kappa shape index (κ2) is 50.8. The van der Waals surface area contributed by atoms with Crippen molar-refractivity contribution in [3.05, 3.63) is 60.8 Å². The fourth-order valence-corrected chi connectivity index (χ4v) is 7.24. The first-order valence-corrected chi connectivity index (χ1v) is 26.3. The zero-order valence-electron chi connectivity index (χ0n) is 40.9. The van der Waals surface area contributed by atoms with Gasteiger partial charge in [0, 0.05) is 19.3 Å². The Bertz CT molecular complexity index is 1130. The number of hydrogen-bond donors (Lipinski definition) is 0. The highest BCUT2D eigenvalue weighted by molar-refractivity contribution is 5.71. The van der Waals surface area contributed by atoms with Crippen molar-refractivity contribution < 1.29 is 28.6 Å². The molecule has 0 saturated heterocycles. The van der Waals surface area contributed by atoms with Crippen LogP contribution < -0.4 is 0 Å². The first-order chi connectivity index (χ1) is 30.5. The molecule has 0 aromatic heterocycles. The van der Waals surface area contributed by atoms with Gasteiger partial charge in [0.15, 0.2) is 6.10 Å². The molecule has 1 atom stereocenters. The molecule has 0 fully saturated rings. The molecular formula is C56H98O6. The Labute approximate surface area is 383 Å². The summed E-state index contributed by atoms with van der Waals surface area (Å²) in [5.74, 6) is -0.986. The molecule has 0 aromatic carbocycles. The maximum atomic E-state index is 12.8. The van der Waals surface area contributed by atoms with Crippen LogP contribution in [0.3, 0.4) is 0 Å². The minimum Gasteiger partial charge on any atom is -0.462 e. The van der Waals surface area contributed by atoms with Crippen LogP contribution in [0.2, 0.25) is 0 Å². The van der Waals surface area contributed by atoms with Gasteiger partial charge in [-0.25, -0.2) is 0 Å². The SMILES string of the molecule is CCCCC/C=C\C=C/CCCCCCCCC(=O)OC(COC(=O)CC/C=C\C/C=C\CCCCCCCC)COC(=O)CCCCCCC/C=C\CCCCCCCCC. The number of rotatable bonds is 47. The van der Waals surface area contributed by atoms with Gasteiger partial charge >= 0.3 is 17.9 Å². The van der Waals surface area contributed by atoms with Gasteiger partial charge in [-0.2, -0.15) is 0 Å². The van der Waals surface area contributed by atoms with E-state index in [0.29, 0.717) is 19.3 Å². The van der Waals surface area contributed by atoms with Gasteiger partial charge in [-0.1, -0.05) is 210 Å². The van der Waals surface area contributed by atoms with Crippen molar-refractivity contribution in [1.29, 1.82) is 0 Å². The highest BCUT2D eigenvalue weighted by atomic mass is 16.6. The molecule has 1 unspecified atom stereocenters. The first kappa shape index (κ1) is 59.1. The molecule has 0 saturated carbocycles. The van der Waals surface area contributed by atoms with Crippen LogP contribution in [0.1, 0.15) is 258 Å². The molecule has 0 radical (unpaired) electrons. The molecule has 0 aliphatic carbocycles. The van der Waals surface area contributed by atoms with Gasteiger partial charge in [-0.05, 0) is 89.9 Å². The normalized spacial score (nSPS) is 12.5. The number of ether oxygens (including phenoxy) is 3. The quantitative estimate of drug-likeness (QED) is 0.0199. The zero-order valence-corrected chi connectivity index (χ0v) is 40.9. The Morgan fingerprint density at radius 1 is 0.339 bits per heavy atom. The maximum Gasteiger partial charge on any atom is 0.306 e. The molecule has 0 bridgehead atoms. The Morgan fingerprint density at radius 3 is 1.13 bits per heavy atom. The van der Waals surface area contributed by atoms with E-state index >= 15 is 0 Å². The smallest absolute Gasteiger partial charge is 0.306 e. The summed E-state index contributed by atoms with van der Waals surface area (Å²) in [5, 5.41) is 0. The summed E-state index contributed by atoms with van der Waals surface area (Å²) in [7, 11) is 0. The molecule has 0 heterocycles. The summed E-state index contributed by atoms with van der Waals surface area (Å²) in [6.45, 7) is 6.53. The fourth-order valence-electron chi connectivity index (χ4n) is 7.24. The minimum absolute atomic E-state index is 0.100. The van der Waals surface area contributed by atoms with E-state index in [1.165, 1.54) is 141 Å². The van der Waals surface area contributed by atoms with Crippen molar-refractivity contribution >= 4 is 17.9 Å². The van der Waals surface area contributed by atoms with Gasteiger partial charge in [0.05, 0.1) is 0 Å². The Balaban J connectivity index is 4.46. The van der Waals surface area contributed by atoms with Crippen LogP contribution in [-0.2, 0) is 28.6 Å². The van der Waals surface area contributed by atoms with Gasteiger partial charge in [0.25, 0.3) is 0 Å². The van der Waals surface area contributed by atoms with Crippen LogP contribution in [0.4, 0.5) is 0 Å². The van der Waals surface area contributed by atoms with Gasteiger partial charge in [0.1, 0.15) is 13.2 Å². The van der Waals surface area contributed by atoms with E-state index in [9.17, 15) is 14.4 Å². The first-order valence-electron chi connectivity index (χ1n) is 26.3. The Hall–Kier alpha value is -2.89. The molecular weight excluding hydrogens is 769 g/mol. The predicted octanol–water partition coefficient (Wildman–Crippen LogP) is 17.3. The average Bonchev–Trinajstić information content (AvgIpc) is 3.27. The molecule has 6 nitrogen and oxygen atoms in total. The summed E-state index contributed by atoms with van der Waals surface area (Å²) in [5.41, 5.74) is 0. The van der Waals surface area contributed by atoms with Crippen molar-refractivity contribution in [2.75, 3.05) is 13.2 Å². The largest absolute Gasteiger partial charge is 0.462 e. The van der Waals surface area contributed by atoms with Crippen molar-refractivity contribution in [2.45, 2.75) is 264 Å². The van der Waals surface area contributed by atoms with Gasteiger partial charge in [-0.3, -0.25) is 14.4 Å². The Morgan fingerprint density at radius 2 is 0.661 bits per heavy atom. The lowest BCUT2D eigenvalue weighted by Crippen LogP contribution is -2.30. The van der Waals surface area contributed by atoms with E-state index in [1.54, 1.807) is 0 Å². The van der Waals surface area contributed by atoms with Crippen molar-refractivity contribution in [3.8, 4) is 0 Å². The fraction of sp³-hybridized carbons (Fsp3) is 0.768. The molecule has 62 heavy (non-hydrogen) atoms. The van der Waals surface area contributed by atoms with Gasteiger partial charge < -0.3 is 14.2 Å². The van der Waals surface area contributed by atoms with E-state index in [1.807, 2.05) is 6.08 Å². The predicted molar refractivity (Wildman–Crippen MR) is 265 cm³/mol. The highest BCUT2D eigenvalue weighted by Crippen LogP contribution is 2.14. The third kappa shape index (κ3) is 48.1. The standard InChI is InChI=1S/C56H98O6/c1-4-7-10-13-16-19-22-25-27-29-31-34-37-40-43-46-49-55(58)61-52-53(51-60-54(57)48-45-42-39-36-33-30-24-21-18-15-12-9-6-3)62-56(59)50-47-44-41-38-35-32-28-26-23-20-17-14-11-8-5-2/h17,20,23,26-27,29-30,33,39,42,53H,4-16,18-19,21-22,24-25,28,31-32,34-38,40-41,43-52H2,1-3H3/b20-17-,26-23-,29-27-,33-30-,42-39-. The van der Waals surface area contributed by atoms with Crippen molar-refractivity contribution in [2.24, 2.45) is 0 Å². The summed E-state index contributed by atoms with van der Waals surface area (Å²) < 4.78 is 16.7. The molecule has 0 aliphatic rings. The van der Waals surface area contributed by atoms with Crippen LogP contribution in [0.5, 0.6) is 0 Å². The van der Waals surface area contributed by atoms with E-state index in [2.05, 4.69) is 75.5 Å². The molecule has 0 N–H and O–H groups in total. The van der Waals surface area contributed by atoms with Crippen molar-refractivity contribution in [1.82, 2.24) is 0 Å². The number of allylic oxidation sites excluding steroid dienone is 10. The molecule has 0 rings (SSSR count). The number of unbranched alkanes of at least 4 members (excludes halogenated alkanes) is 27. The zero-order chi connectivity index (χ0) is 45.1. The number of carbonyl (C=O) groups is 3. The molecule has 0 amide bonds. The van der Waals surface area contributed by atoms with E-state index in [4.69, 9.17) is 14.2 Å². The monoisotopic (exact) mass is 867 g/mol. The number of carbonyl (C=O) groups excluding carboxylic acids is 3. The van der Waals surface area contributed by atoms with Crippen LogP contribution in [0, 0.1) is 0 Å². The lowest BCUT2D eigenvalue weighted by Gasteiger charge is -2.18. The third-order valence-corrected chi connectivity index (χ3v) is 11.3. The summed E-state index contributed by atoms with van der Waals surface area (Å²) in [4.78, 5) is 37.9. The topological polar surface area (TPSA) is 78.9 Å². The van der Waals surface area contributed by atoms with Crippen LogP contribution in [0.25, 0.3) is 0 Å². The summed E-state index contributed by atoms with van der Waals surface area (Å²) in [6, 6.07) is 0. The number of hydrogen-bond acceptors (Lipinski definition) is 6. The molecule has 0 aromatic rings. The van der Waals surface area contributed by atoms with Crippen molar-refractivity contribution in [3.63, 3.8) is 0 Å². The van der Waals surface area contributed by atoms with Gasteiger partial charge in [-0.15, -0.1) is 0 Å². The van der Waals surface area contributed by atoms with E-state index in [0.717, 1.165) is 70.6 Å².